The molecule has 2 aliphatic heterocycles. The van der Waals surface area contributed by atoms with Gasteiger partial charge in [0.25, 0.3) is 11.8 Å². The zero-order chi connectivity index (χ0) is 21.8. The minimum absolute atomic E-state index is 0.0304. The Morgan fingerprint density at radius 3 is 2.39 bits per heavy atom. The molecular formula is C23H26N6O2. The van der Waals surface area contributed by atoms with E-state index in [0.717, 1.165) is 24.4 Å². The van der Waals surface area contributed by atoms with Gasteiger partial charge in [-0.3, -0.25) is 9.59 Å². The highest BCUT2D eigenvalue weighted by molar-refractivity contribution is 6.10. The summed E-state index contributed by atoms with van der Waals surface area (Å²) in [4.78, 5) is 33.7. The van der Waals surface area contributed by atoms with Crippen LogP contribution in [0.5, 0.6) is 0 Å². The molecule has 0 radical (unpaired) electrons. The molecule has 0 unspecified atom stereocenters. The lowest BCUT2D eigenvalue weighted by Crippen LogP contribution is -2.46. The summed E-state index contributed by atoms with van der Waals surface area (Å²) in [5.41, 5.74) is 9.21. The van der Waals surface area contributed by atoms with Gasteiger partial charge in [0.05, 0.1) is 12.3 Å². The van der Waals surface area contributed by atoms with Crippen LogP contribution in [-0.2, 0) is 4.79 Å². The second-order valence-electron chi connectivity index (χ2n) is 7.59. The minimum Gasteiger partial charge on any atom is -0.383 e. The molecule has 0 aromatic heterocycles. The van der Waals surface area contributed by atoms with E-state index in [2.05, 4.69) is 15.6 Å². The Morgan fingerprint density at radius 2 is 1.71 bits per heavy atom. The number of nitrogens with two attached hydrogens (primary N) is 1. The van der Waals surface area contributed by atoms with Crippen LogP contribution in [0.15, 0.2) is 71.1 Å². The standard InChI is InChI=1S/C23H26N6O2/c1-28-15-19(27-20(21(28)24)22(30)26-18-5-3-2-4-6-18)16-7-9-17(10-8-16)23(31)29-13-11-25-12-14-29/h2-10,25H,11-15,24H2,1H3,(H,26,30). The number of para-hydroxylation sites is 1. The molecule has 1 saturated heterocycles. The fourth-order valence-corrected chi connectivity index (χ4v) is 3.61. The molecule has 2 aliphatic rings. The van der Waals surface area contributed by atoms with Crippen LogP contribution in [0.1, 0.15) is 15.9 Å². The topological polar surface area (TPSA) is 103 Å². The fourth-order valence-electron chi connectivity index (χ4n) is 3.61. The number of hydrogen-bond donors (Lipinski definition) is 3. The Labute approximate surface area is 181 Å². The Kier molecular flexibility index (Phi) is 5.99. The molecule has 0 atom stereocenters. The Hall–Kier alpha value is -3.65. The average molecular weight is 419 g/mol. The van der Waals surface area contributed by atoms with Crippen LogP contribution >= 0.6 is 0 Å². The van der Waals surface area contributed by atoms with E-state index in [1.807, 2.05) is 54.4 Å². The summed E-state index contributed by atoms with van der Waals surface area (Å²) >= 11 is 0. The zero-order valence-corrected chi connectivity index (χ0v) is 17.5. The van der Waals surface area contributed by atoms with Crippen molar-refractivity contribution in [2.24, 2.45) is 10.7 Å². The molecule has 31 heavy (non-hydrogen) atoms. The van der Waals surface area contributed by atoms with Crippen LogP contribution < -0.4 is 16.4 Å². The molecule has 0 bridgehead atoms. The first kappa shape index (κ1) is 20.6. The van der Waals surface area contributed by atoms with E-state index in [9.17, 15) is 9.59 Å². The summed E-state index contributed by atoms with van der Waals surface area (Å²) in [5.74, 6) is -0.0104. The number of carbonyl (C=O) groups excluding carboxylic acids is 2. The van der Waals surface area contributed by atoms with E-state index in [4.69, 9.17) is 5.73 Å². The van der Waals surface area contributed by atoms with Crippen molar-refractivity contribution < 1.29 is 9.59 Å². The Balaban J connectivity index is 1.53. The number of aliphatic imine (C=N–C) groups is 1. The van der Waals surface area contributed by atoms with Gasteiger partial charge < -0.3 is 26.2 Å². The predicted octanol–water partition coefficient (Wildman–Crippen LogP) is 1.23. The summed E-state index contributed by atoms with van der Waals surface area (Å²) < 4.78 is 0. The maximum absolute atomic E-state index is 12.8. The Bertz CT molecular complexity index is 1020. The van der Waals surface area contributed by atoms with Gasteiger partial charge in [-0.1, -0.05) is 30.3 Å². The third kappa shape index (κ3) is 4.59. The van der Waals surface area contributed by atoms with Crippen molar-refractivity contribution in [1.82, 2.24) is 15.1 Å². The van der Waals surface area contributed by atoms with Gasteiger partial charge in [0.15, 0.2) is 5.70 Å². The zero-order valence-electron chi connectivity index (χ0n) is 17.5. The fraction of sp³-hybridized carbons (Fsp3) is 0.261. The molecule has 2 heterocycles. The highest BCUT2D eigenvalue weighted by Gasteiger charge is 2.24. The number of carbonyl (C=O) groups is 2. The van der Waals surface area contributed by atoms with Gasteiger partial charge in [-0.05, 0) is 29.8 Å². The molecule has 8 nitrogen and oxygen atoms in total. The second kappa shape index (κ2) is 9.01. The number of nitrogens with one attached hydrogen (secondary N) is 2. The highest BCUT2D eigenvalue weighted by Crippen LogP contribution is 2.19. The predicted molar refractivity (Wildman–Crippen MR) is 121 cm³/mol. The molecule has 2 aromatic carbocycles. The molecule has 0 saturated carbocycles. The molecule has 8 heteroatoms. The van der Waals surface area contributed by atoms with Gasteiger partial charge in [-0.15, -0.1) is 0 Å². The molecule has 0 aliphatic carbocycles. The van der Waals surface area contributed by atoms with Crippen molar-refractivity contribution in [3.8, 4) is 0 Å². The van der Waals surface area contributed by atoms with Crippen molar-refractivity contribution in [3.05, 3.63) is 77.2 Å². The largest absolute Gasteiger partial charge is 0.383 e. The number of anilines is 1. The van der Waals surface area contributed by atoms with Crippen LogP contribution in [0.2, 0.25) is 0 Å². The van der Waals surface area contributed by atoms with E-state index in [-0.39, 0.29) is 17.5 Å². The molecule has 160 valence electrons. The minimum atomic E-state index is -0.363. The normalized spacial score (nSPS) is 16.7. The number of amides is 2. The summed E-state index contributed by atoms with van der Waals surface area (Å²) in [6, 6.07) is 16.6. The summed E-state index contributed by atoms with van der Waals surface area (Å²) in [6.07, 6.45) is 0. The summed E-state index contributed by atoms with van der Waals surface area (Å²) in [7, 11) is 1.82. The number of likely N-dealkylation sites (N-methyl/N-ethyl adjacent to an activating group) is 1. The van der Waals surface area contributed by atoms with Crippen molar-refractivity contribution >= 4 is 23.2 Å². The molecule has 4 N–H and O–H groups in total. The monoisotopic (exact) mass is 418 g/mol. The number of nitrogens with zero attached hydrogens (tertiary/aromatic N) is 3. The van der Waals surface area contributed by atoms with Crippen LogP contribution in [-0.4, -0.2) is 67.1 Å². The van der Waals surface area contributed by atoms with Crippen molar-refractivity contribution in [1.29, 1.82) is 0 Å². The van der Waals surface area contributed by atoms with Crippen molar-refractivity contribution in [2.45, 2.75) is 0 Å². The second-order valence-corrected chi connectivity index (χ2v) is 7.59. The molecule has 2 aromatic rings. The van der Waals surface area contributed by atoms with E-state index in [0.29, 0.717) is 36.7 Å². The Morgan fingerprint density at radius 1 is 1.03 bits per heavy atom. The third-order valence-electron chi connectivity index (χ3n) is 5.40. The maximum atomic E-state index is 12.8. The van der Waals surface area contributed by atoms with Crippen molar-refractivity contribution in [2.75, 3.05) is 45.1 Å². The molecule has 0 spiro atoms. The summed E-state index contributed by atoms with van der Waals surface area (Å²) in [5, 5.41) is 6.08. The lowest BCUT2D eigenvalue weighted by molar-refractivity contribution is -0.113. The number of benzene rings is 2. The lowest BCUT2D eigenvalue weighted by Gasteiger charge is -2.28. The van der Waals surface area contributed by atoms with Crippen LogP contribution in [0.3, 0.4) is 0 Å². The van der Waals surface area contributed by atoms with Gasteiger partial charge in [0.2, 0.25) is 0 Å². The molecule has 1 fully saturated rings. The molecule has 4 rings (SSSR count). The first-order valence-electron chi connectivity index (χ1n) is 10.3. The smallest absolute Gasteiger partial charge is 0.278 e. The van der Waals surface area contributed by atoms with E-state index in [1.165, 1.54) is 0 Å². The average Bonchev–Trinajstić information content (AvgIpc) is 2.81. The lowest BCUT2D eigenvalue weighted by atomic mass is 10.0. The SMILES string of the molecule is CN1CC(c2ccc(C(=O)N3CCNCC3)cc2)=NC(C(=O)Nc2ccccc2)=C1N. The first-order valence-corrected chi connectivity index (χ1v) is 10.3. The van der Waals surface area contributed by atoms with E-state index < -0.39 is 0 Å². The van der Waals surface area contributed by atoms with Crippen LogP contribution in [0, 0.1) is 0 Å². The number of hydrogen-bond acceptors (Lipinski definition) is 6. The van der Waals surface area contributed by atoms with Gasteiger partial charge in [-0.25, -0.2) is 4.99 Å². The third-order valence-corrected chi connectivity index (χ3v) is 5.40. The molecular weight excluding hydrogens is 392 g/mol. The van der Waals surface area contributed by atoms with Crippen LogP contribution in [0.25, 0.3) is 0 Å². The number of rotatable bonds is 4. The maximum Gasteiger partial charge on any atom is 0.278 e. The quantitative estimate of drug-likeness (QED) is 0.693. The van der Waals surface area contributed by atoms with Crippen molar-refractivity contribution in [3.63, 3.8) is 0 Å². The number of piperazine rings is 1. The van der Waals surface area contributed by atoms with Crippen LogP contribution in [0.4, 0.5) is 5.69 Å². The van der Waals surface area contributed by atoms with Gasteiger partial charge in [-0.2, -0.15) is 0 Å². The van der Waals surface area contributed by atoms with E-state index in [1.54, 1.807) is 17.0 Å². The van der Waals surface area contributed by atoms with Gasteiger partial charge >= 0.3 is 0 Å². The van der Waals surface area contributed by atoms with E-state index >= 15 is 0 Å². The highest BCUT2D eigenvalue weighted by atomic mass is 16.2. The molecule has 2 amide bonds. The summed E-state index contributed by atoms with van der Waals surface area (Å²) in [6.45, 7) is 3.52. The first-order chi connectivity index (χ1) is 15.0. The van der Waals surface area contributed by atoms with Gasteiger partial charge in [0.1, 0.15) is 5.82 Å². The van der Waals surface area contributed by atoms with Gasteiger partial charge in [0, 0.05) is 44.5 Å².